The summed E-state index contributed by atoms with van der Waals surface area (Å²) < 4.78 is 2.15. The number of hydrogen-bond acceptors (Lipinski definition) is 9. The number of aliphatic carboxylic acids is 1. The Hall–Kier alpha value is -2.09. The number of carbonyl (C=O) groups excluding carboxylic acids is 2. The summed E-state index contributed by atoms with van der Waals surface area (Å²) >= 11 is 10.1. The highest BCUT2D eigenvalue weighted by Crippen LogP contribution is 2.41. The Balaban J connectivity index is 1.45. The first-order chi connectivity index (χ1) is 14.8. The molecule has 3 atom stereocenters. The van der Waals surface area contributed by atoms with Crippen LogP contribution in [0, 0.1) is 6.92 Å². The Morgan fingerprint density at radius 1 is 1.45 bits per heavy atom. The quantitative estimate of drug-likeness (QED) is 0.431. The lowest BCUT2D eigenvalue weighted by Gasteiger charge is -2.49. The van der Waals surface area contributed by atoms with Gasteiger partial charge in [0.1, 0.15) is 28.2 Å². The first kappa shape index (κ1) is 22.1. The molecular weight excluding hydrogens is 484 g/mol. The number of nitrogens with zero attached hydrogens (tertiary/aromatic N) is 5. The molecule has 2 N–H and O–H groups in total. The van der Waals surface area contributed by atoms with Crippen molar-refractivity contribution < 1.29 is 19.5 Å². The van der Waals surface area contributed by atoms with E-state index in [9.17, 15) is 19.5 Å². The van der Waals surface area contributed by atoms with Crippen LogP contribution >= 0.6 is 46.5 Å². The fraction of sp³-hybridized carbons (Fsp3) is 0.412. The second kappa shape index (κ2) is 8.81. The molecule has 0 radical (unpaired) electrons. The summed E-state index contributed by atoms with van der Waals surface area (Å²) in [6, 6.07) is -1.46. The molecule has 31 heavy (non-hydrogen) atoms. The molecule has 164 valence electrons. The van der Waals surface area contributed by atoms with E-state index in [1.165, 1.54) is 56.8 Å². The maximum absolute atomic E-state index is 12.8. The zero-order valence-electron chi connectivity index (χ0n) is 16.3. The van der Waals surface area contributed by atoms with E-state index in [1.54, 1.807) is 6.92 Å². The number of halogens is 1. The zero-order valence-corrected chi connectivity index (χ0v) is 19.5. The fourth-order valence-electron chi connectivity index (χ4n) is 3.20. The van der Waals surface area contributed by atoms with Gasteiger partial charge in [-0.3, -0.25) is 19.2 Å². The predicted molar refractivity (Wildman–Crippen MR) is 117 cm³/mol. The number of amides is 2. The van der Waals surface area contributed by atoms with Crippen LogP contribution in [0.25, 0.3) is 0 Å². The number of aromatic nitrogens is 4. The van der Waals surface area contributed by atoms with Crippen molar-refractivity contribution in [3.05, 3.63) is 33.7 Å². The van der Waals surface area contributed by atoms with Crippen molar-refractivity contribution in [3.63, 3.8) is 0 Å². The lowest BCUT2D eigenvalue weighted by atomic mass is 10.0. The maximum atomic E-state index is 12.8. The highest BCUT2D eigenvalue weighted by Gasteiger charge is 2.54. The molecule has 3 unspecified atom stereocenters. The Labute approximate surface area is 194 Å². The van der Waals surface area contributed by atoms with E-state index in [0.717, 1.165) is 9.35 Å². The van der Waals surface area contributed by atoms with Gasteiger partial charge in [0.05, 0.1) is 11.2 Å². The molecule has 2 aromatic heterocycles. The topological polar surface area (TPSA) is 130 Å². The van der Waals surface area contributed by atoms with E-state index in [2.05, 4.69) is 20.6 Å². The zero-order chi connectivity index (χ0) is 22.3. The van der Waals surface area contributed by atoms with Crippen LogP contribution in [0.5, 0.6) is 0 Å². The monoisotopic (exact) mass is 500 g/mol. The van der Waals surface area contributed by atoms with E-state index in [-0.39, 0.29) is 5.70 Å². The SMILES string of the molecule is Cc1nnc(SCC2=C(C(=O)O)N3C(=O)C(NC(=O)C(C)n4cc(Cl)cn4)C3SC2)s1. The summed E-state index contributed by atoms with van der Waals surface area (Å²) in [5.74, 6) is -1.16. The molecule has 2 aliphatic heterocycles. The largest absolute Gasteiger partial charge is 0.477 e. The van der Waals surface area contributed by atoms with Gasteiger partial charge in [0.15, 0.2) is 4.34 Å². The number of carboxylic acids is 1. The Morgan fingerprint density at radius 2 is 2.23 bits per heavy atom. The average Bonchev–Trinajstić information content (AvgIpc) is 3.36. The van der Waals surface area contributed by atoms with Crippen molar-refractivity contribution in [2.75, 3.05) is 11.5 Å². The highest BCUT2D eigenvalue weighted by atomic mass is 35.5. The standard InChI is InChI=1S/C17H17ClN6O4S3/c1-7(23-4-10(18)3-19-23)13(25)20-11-14(26)24-12(16(27)28)9(5-29-15(11)24)6-30-17-22-21-8(2)31-17/h3-4,7,11,15H,5-6H2,1-2H3,(H,20,25)(H,27,28). The van der Waals surface area contributed by atoms with Crippen LogP contribution in [0.4, 0.5) is 0 Å². The third kappa shape index (κ3) is 4.31. The van der Waals surface area contributed by atoms with Crippen molar-refractivity contribution in [1.82, 2.24) is 30.2 Å². The summed E-state index contributed by atoms with van der Waals surface area (Å²) in [4.78, 5) is 38.5. The lowest BCUT2D eigenvalue weighted by Crippen LogP contribution is -2.71. The normalized spacial score (nSPS) is 21.5. The van der Waals surface area contributed by atoms with E-state index in [4.69, 9.17) is 11.6 Å². The average molecular weight is 501 g/mol. The van der Waals surface area contributed by atoms with E-state index in [1.807, 2.05) is 6.92 Å². The summed E-state index contributed by atoms with van der Waals surface area (Å²) in [5, 5.41) is 25.2. The Morgan fingerprint density at radius 3 is 2.84 bits per heavy atom. The summed E-state index contributed by atoms with van der Waals surface area (Å²) in [6.07, 6.45) is 2.94. The molecule has 1 saturated heterocycles. The van der Waals surface area contributed by atoms with E-state index in [0.29, 0.717) is 22.1 Å². The molecule has 4 rings (SSSR count). The second-order valence-corrected chi connectivity index (χ2v) is 10.8. The summed E-state index contributed by atoms with van der Waals surface area (Å²) in [5.41, 5.74) is 0.629. The maximum Gasteiger partial charge on any atom is 0.352 e. The smallest absolute Gasteiger partial charge is 0.352 e. The number of carbonyl (C=O) groups is 3. The molecule has 2 aromatic rings. The number of hydrogen-bond donors (Lipinski definition) is 2. The third-order valence-electron chi connectivity index (χ3n) is 4.77. The van der Waals surface area contributed by atoms with Gasteiger partial charge in [-0.15, -0.1) is 22.0 Å². The molecule has 0 saturated carbocycles. The lowest BCUT2D eigenvalue weighted by molar-refractivity contribution is -0.151. The number of rotatable bonds is 7. The highest BCUT2D eigenvalue weighted by molar-refractivity contribution is 8.01. The molecule has 14 heteroatoms. The fourth-order valence-corrected chi connectivity index (χ4v) is 6.64. The molecular formula is C17H17ClN6O4S3. The minimum atomic E-state index is -1.16. The summed E-state index contributed by atoms with van der Waals surface area (Å²) in [7, 11) is 0. The van der Waals surface area contributed by atoms with Crippen molar-refractivity contribution in [3.8, 4) is 0 Å². The van der Waals surface area contributed by atoms with Crippen LogP contribution < -0.4 is 5.32 Å². The van der Waals surface area contributed by atoms with Crippen LogP contribution in [-0.2, 0) is 14.4 Å². The molecule has 2 aliphatic rings. The second-order valence-electron chi connectivity index (χ2n) is 6.84. The Kier molecular flexibility index (Phi) is 6.28. The van der Waals surface area contributed by atoms with Gasteiger partial charge in [-0.05, 0) is 19.4 Å². The van der Waals surface area contributed by atoms with E-state index >= 15 is 0 Å². The van der Waals surface area contributed by atoms with Gasteiger partial charge in [0.2, 0.25) is 5.91 Å². The molecule has 1 fully saturated rings. The first-order valence-electron chi connectivity index (χ1n) is 9.09. The number of thioether (sulfide) groups is 2. The van der Waals surface area contributed by atoms with Gasteiger partial charge >= 0.3 is 5.97 Å². The van der Waals surface area contributed by atoms with Crippen LogP contribution in [-0.4, -0.2) is 70.7 Å². The molecule has 0 aromatic carbocycles. The van der Waals surface area contributed by atoms with Crippen LogP contribution in [0.15, 0.2) is 28.0 Å². The Bertz CT molecular complexity index is 1090. The third-order valence-corrected chi connectivity index (χ3v) is 8.36. The number of carboxylic acid groups (broad SMARTS) is 1. The van der Waals surface area contributed by atoms with Gasteiger partial charge < -0.3 is 10.4 Å². The predicted octanol–water partition coefficient (Wildman–Crippen LogP) is 1.79. The minimum absolute atomic E-state index is 0.0140. The minimum Gasteiger partial charge on any atom is -0.477 e. The van der Waals surface area contributed by atoms with Crippen LogP contribution in [0.3, 0.4) is 0 Å². The first-order valence-corrected chi connectivity index (χ1v) is 12.3. The van der Waals surface area contributed by atoms with Gasteiger partial charge in [-0.25, -0.2) is 4.79 Å². The number of aryl methyl sites for hydroxylation is 1. The molecule has 10 nitrogen and oxygen atoms in total. The number of β-lactam (4-membered cyclic amide) rings is 1. The van der Waals surface area contributed by atoms with Crippen molar-refractivity contribution in [2.24, 2.45) is 0 Å². The van der Waals surface area contributed by atoms with Crippen molar-refractivity contribution in [2.45, 2.75) is 35.6 Å². The van der Waals surface area contributed by atoms with Gasteiger partial charge in [0.25, 0.3) is 5.91 Å². The van der Waals surface area contributed by atoms with Gasteiger partial charge in [0, 0.05) is 17.7 Å². The van der Waals surface area contributed by atoms with Crippen molar-refractivity contribution >= 4 is 64.2 Å². The van der Waals surface area contributed by atoms with Crippen LogP contribution in [0.1, 0.15) is 18.0 Å². The van der Waals surface area contributed by atoms with E-state index < -0.39 is 35.2 Å². The van der Waals surface area contributed by atoms with Crippen LogP contribution in [0.2, 0.25) is 5.02 Å². The number of nitrogens with one attached hydrogen (secondary N) is 1. The molecule has 0 aliphatic carbocycles. The van der Waals surface area contributed by atoms with Gasteiger partial charge in [-0.1, -0.05) is 34.7 Å². The summed E-state index contributed by atoms with van der Waals surface area (Å²) in [6.45, 7) is 3.49. The molecule has 0 spiro atoms. The molecule has 2 amide bonds. The molecule has 0 bridgehead atoms. The van der Waals surface area contributed by atoms with Gasteiger partial charge in [-0.2, -0.15) is 5.10 Å². The molecule has 4 heterocycles. The van der Waals surface area contributed by atoms with Crippen molar-refractivity contribution in [1.29, 1.82) is 0 Å². The number of fused-ring (bicyclic) bond motifs is 1.